The normalized spacial score (nSPS) is 11.9. The summed E-state index contributed by atoms with van der Waals surface area (Å²) in [7, 11) is 0. The van der Waals surface area contributed by atoms with Crippen molar-refractivity contribution in [1.29, 1.82) is 0 Å². The third kappa shape index (κ3) is 4.50. The van der Waals surface area contributed by atoms with E-state index in [0.29, 0.717) is 15.6 Å². The maximum Gasteiger partial charge on any atom is 0.312 e. The van der Waals surface area contributed by atoms with Gasteiger partial charge in [-0.25, -0.2) is 9.78 Å². The SMILES string of the molecule is NC(=O)NC(CC(=O)OCc1nc2ccccc2s1)c1ccccc1Cl. The summed E-state index contributed by atoms with van der Waals surface area (Å²) in [5.74, 6) is -0.483. The lowest BCUT2D eigenvalue weighted by Crippen LogP contribution is -2.34. The topological polar surface area (TPSA) is 94.3 Å². The van der Waals surface area contributed by atoms with Crippen molar-refractivity contribution < 1.29 is 14.3 Å². The van der Waals surface area contributed by atoms with Gasteiger partial charge < -0.3 is 15.8 Å². The number of para-hydroxylation sites is 1. The molecule has 1 atom stereocenters. The number of primary amides is 1. The van der Waals surface area contributed by atoms with E-state index in [1.165, 1.54) is 11.3 Å². The molecule has 1 aromatic heterocycles. The summed E-state index contributed by atoms with van der Waals surface area (Å²) in [6.45, 7) is 0.0734. The van der Waals surface area contributed by atoms with E-state index in [4.69, 9.17) is 22.1 Å². The first-order chi connectivity index (χ1) is 12.5. The number of urea groups is 1. The Balaban J connectivity index is 1.65. The van der Waals surface area contributed by atoms with Gasteiger partial charge in [0.25, 0.3) is 0 Å². The molecule has 3 N–H and O–H groups in total. The van der Waals surface area contributed by atoms with Crippen LogP contribution in [0.25, 0.3) is 10.2 Å². The maximum absolute atomic E-state index is 12.2. The average Bonchev–Trinajstić information content (AvgIpc) is 3.02. The van der Waals surface area contributed by atoms with Crippen LogP contribution in [-0.4, -0.2) is 17.0 Å². The van der Waals surface area contributed by atoms with Gasteiger partial charge in [0.15, 0.2) is 0 Å². The van der Waals surface area contributed by atoms with Crippen LogP contribution in [0.15, 0.2) is 48.5 Å². The zero-order chi connectivity index (χ0) is 18.5. The fourth-order valence-corrected chi connectivity index (χ4v) is 3.67. The van der Waals surface area contributed by atoms with Gasteiger partial charge in [-0.15, -0.1) is 11.3 Å². The van der Waals surface area contributed by atoms with Gasteiger partial charge in [0.05, 0.1) is 22.7 Å². The first-order valence-electron chi connectivity index (χ1n) is 7.83. The molecule has 0 aliphatic rings. The lowest BCUT2D eigenvalue weighted by atomic mass is 10.0. The van der Waals surface area contributed by atoms with Gasteiger partial charge in [-0.1, -0.05) is 41.9 Å². The van der Waals surface area contributed by atoms with Crippen molar-refractivity contribution in [2.45, 2.75) is 19.1 Å². The van der Waals surface area contributed by atoms with E-state index in [0.717, 1.165) is 10.2 Å². The van der Waals surface area contributed by atoms with E-state index >= 15 is 0 Å². The second kappa shape index (κ2) is 8.16. The Bertz CT molecular complexity index is 911. The van der Waals surface area contributed by atoms with Gasteiger partial charge in [-0.05, 0) is 23.8 Å². The van der Waals surface area contributed by atoms with E-state index in [2.05, 4.69) is 10.3 Å². The van der Waals surface area contributed by atoms with E-state index in [9.17, 15) is 9.59 Å². The van der Waals surface area contributed by atoms with Crippen LogP contribution in [0.4, 0.5) is 4.79 Å². The number of benzene rings is 2. The molecular weight excluding hydrogens is 374 g/mol. The Hall–Kier alpha value is -2.64. The van der Waals surface area contributed by atoms with Crippen LogP contribution in [0.1, 0.15) is 23.0 Å². The molecule has 0 saturated heterocycles. The smallest absolute Gasteiger partial charge is 0.312 e. The van der Waals surface area contributed by atoms with Gasteiger partial charge in [-0.2, -0.15) is 0 Å². The fourth-order valence-electron chi connectivity index (χ4n) is 2.52. The number of aromatic nitrogens is 1. The highest BCUT2D eigenvalue weighted by Crippen LogP contribution is 2.26. The molecule has 0 aliphatic heterocycles. The van der Waals surface area contributed by atoms with Gasteiger partial charge in [0, 0.05) is 5.02 Å². The molecule has 0 saturated carbocycles. The Morgan fingerprint density at radius 2 is 1.92 bits per heavy atom. The number of rotatable bonds is 6. The number of hydrogen-bond donors (Lipinski definition) is 2. The monoisotopic (exact) mass is 389 g/mol. The highest BCUT2D eigenvalue weighted by Gasteiger charge is 2.21. The van der Waals surface area contributed by atoms with Crippen LogP contribution in [-0.2, 0) is 16.1 Å². The zero-order valence-corrected chi connectivity index (χ0v) is 15.2. The Morgan fingerprint density at radius 1 is 1.19 bits per heavy atom. The molecule has 0 spiro atoms. The van der Waals surface area contributed by atoms with Gasteiger partial charge in [-0.3, -0.25) is 4.79 Å². The van der Waals surface area contributed by atoms with Crippen LogP contribution in [0, 0.1) is 0 Å². The number of ether oxygens (including phenoxy) is 1. The van der Waals surface area contributed by atoms with Crippen molar-refractivity contribution in [2.24, 2.45) is 5.73 Å². The number of hydrogen-bond acceptors (Lipinski definition) is 5. The zero-order valence-electron chi connectivity index (χ0n) is 13.6. The van der Waals surface area contributed by atoms with Crippen molar-refractivity contribution in [2.75, 3.05) is 0 Å². The highest BCUT2D eigenvalue weighted by molar-refractivity contribution is 7.18. The molecule has 2 aromatic carbocycles. The number of carbonyl (C=O) groups excluding carboxylic acids is 2. The number of fused-ring (bicyclic) bond motifs is 1. The minimum absolute atomic E-state index is 0.0734. The summed E-state index contributed by atoms with van der Waals surface area (Å²) >= 11 is 7.62. The van der Waals surface area contributed by atoms with E-state index < -0.39 is 18.0 Å². The second-order valence-corrected chi connectivity index (χ2v) is 7.05. The van der Waals surface area contributed by atoms with Crippen molar-refractivity contribution >= 4 is 45.2 Å². The fraction of sp³-hybridized carbons (Fsp3) is 0.167. The van der Waals surface area contributed by atoms with Gasteiger partial charge in [0.2, 0.25) is 0 Å². The third-order valence-corrected chi connectivity index (χ3v) is 5.02. The first-order valence-corrected chi connectivity index (χ1v) is 9.03. The Morgan fingerprint density at radius 3 is 2.65 bits per heavy atom. The molecule has 8 heteroatoms. The Labute approximate surface area is 158 Å². The summed E-state index contributed by atoms with van der Waals surface area (Å²) in [5.41, 5.74) is 6.68. The lowest BCUT2D eigenvalue weighted by Gasteiger charge is -2.18. The van der Waals surface area contributed by atoms with Crippen LogP contribution >= 0.6 is 22.9 Å². The summed E-state index contributed by atoms with van der Waals surface area (Å²) in [6, 6.07) is 13.2. The standard InChI is InChI=1S/C18H16ClN3O3S/c19-12-6-2-1-5-11(12)14(22-18(20)24)9-17(23)25-10-16-21-13-7-3-4-8-15(13)26-16/h1-8,14H,9-10H2,(H3,20,22,24). The first kappa shape index (κ1) is 18.2. The number of amides is 2. The molecule has 0 radical (unpaired) electrons. The molecule has 0 bridgehead atoms. The molecule has 6 nitrogen and oxygen atoms in total. The highest BCUT2D eigenvalue weighted by atomic mass is 35.5. The van der Waals surface area contributed by atoms with Crippen molar-refractivity contribution in [1.82, 2.24) is 10.3 Å². The van der Waals surface area contributed by atoms with E-state index in [-0.39, 0.29) is 13.0 Å². The largest absolute Gasteiger partial charge is 0.458 e. The molecule has 134 valence electrons. The molecule has 1 unspecified atom stereocenters. The average molecular weight is 390 g/mol. The van der Waals surface area contributed by atoms with E-state index in [1.54, 1.807) is 24.3 Å². The molecule has 1 heterocycles. The number of nitrogens with zero attached hydrogens (tertiary/aromatic N) is 1. The summed E-state index contributed by atoms with van der Waals surface area (Å²) in [4.78, 5) is 27.9. The second-order valence-electron chi connectivity index (χ2n) is 5.52. The number of halogens is 1. The molecule has 2 amide bonds. The summed E-state index contributed by atoms with van der Waals surface area (Å²) < 4.78 is 6.34. The molecule has 0 aliphatic carbocycles. The van der Waals surface area contributed by atoms with Gasteiger partial charge in [0.1, 0.15) is 11.6 Å². The minimum atomic E-state index is -0.742. The van der Waals surface area contributed by atoms with Crippen LogP contribution in [0.3, 0.4) is 0 Å². The molecule has 3 rings (SSSR count). The predicted octanol–water partition coefficient (Wildman–Crippen LogP) is 3.79. The third-order valence-electron chi connectivity index (χ3n) is 3.66. The lowest BCUT2D eigenvalue weighted by molar-refractivity contribution is -0.145. The summed E-state index contributed by atoms with van der Waals surface area (Å²) in [6.07, 6.45) is -0.0857. The van der Waals surface area contributed by atoms with Crippen LogP contribution in [0.5, 0.6) is 0 Å². The van der Waals surface area contributed by atoms with Crippen LogP contribution in [0.2, 0.25) is 5.02 Å². The van der Waals surface area contributed by atoms with Gasteiger partial charge >= 0.3 is 12.0 Å². The molecule has 26 heavy (non-hydrogen) atoms. The van der Waals surface area contributed by atoms with Crippen LogP contribution < -0.4 is 11.1 Å². The minimum Gasteiger partial charge on any atom is -0.458 e. The van der Waals surface area contributed by atoms with Crippen molar-refractivity contribution in [3.05, 3.63) is 64.1 Å². The number of carbonyl (C=O) groups is 2. The molecular formula is C18H16ClN3O3S. The maximum atomic E-state index is 12.2. The summed E-state index contributed by atoms with van der Waals surface area (Å²) in [5, 5.41) is 3.67. The number of nitrogens with one attached hydrogen (secondary N) is 1. The molecule has 3 aromatic rings. The quantitative estimate of drug-likeness (QED) is 0.627. The number of esters is 1. The van der Waals surface area contributed by atoms with Crippen molar-refractivity contribution in [3.63, 3.8) is 0 Å². The predicted molar refractivity (Wildman–Crippen MR) is 101 cm³/mol. The number of thiazole rings is 1. The van der Waals surface area contributed by atoms with E-state index in [1.807, 2.05) is 24.3 Å². The van der Waals surface area contributed by atoms with Crippen molar-refractivity contribution in [3.8, 4) is 0 Å². The Kier molecular flexibility index (Phi) is 5.70. The number of nitrogens with two attached hydrogens (primary N) is 1. The molecule has 0 fully saturated rings.